The number of ketones is 1. The van der Waals surface area contributed by atoms with Crippen LogP contribution in [0.4, 0.5) is 0 Å². The van der Waals surface area contributed by atoms with E-state index in [0.29, 0.717) is 5.56 Å². The van der Waals surface area contributed by atoms with Gasteiger partial charge in [0.05, 0.1) is 0 Å². The Morgan fingerprint density at radius 1 is 1.41 bits per heavy atom. The molecule has 0 radical (unpaired) electrons. The molecule has 1 aromatic rings. The summed E-state index contributed by atoms with van der Waals surface area (Å²) < 4.78 is 21.4. The maximum atomic E-state index is 12.2. The van der Waals surface area contributed by atoms with Gasteiger partial charge in [0.25, 0.3) is 0 Å². The van der Waals surface area contributed by atoms with Crippen LogP contribution in [0.1, 0.15) is 29.3 Å². The number of hydrogen-bond donors (Lipinski definition) is 0. The first-order valence-corrected chi connectivity index (χ1v) is 7.49. The van der Waals surface area contributed by atoms with Crippen molar-refractivity contribution < 1.29 is 13.2 Å². The fourth-order valence-corrected chi connectivity index (χ4v) is 2.68. The zero-order chi connectivity index (χ0) is 13.3. The topological polar surface area (TPSA) is 51.2 Å². The standard InChI is InChI=1S/C12H15ClO3S/c1-4-12(13,17(3,15)16)11(14)10-7-5-6-9(2)8-10/h5-8H,4H2,1-3H3. The van der Waals surface area contributed by atoms with Gasteiger partial charge in [0.1, 0.15) is 0 Å². The quantitative estimate of drug-likeness (QED) is 0.626. The number of benzene rings is 1. The highest BCUT2D eigenvalue weighted by Crippen LogP contribution is 2.30. The van der Waals surface area contributed by atoms with Crippen LogP contribution in [0.5, 0.6) is 0 Å². The van der Waals surface area contributed by atoms with E-state index in [2.05, 4.69) is 0 Å². The Hall–Kier alpha value is -0.870. The molecule has 94 valence electrons. The monoisotopic (exact) mass is 274 g/mol. The Morgan fingerprint density at radius 3 is 2.41 bits per heavy atom. The van der Waals surface area contributed by atoms with Gasteiger partial charge in [-0.05, 0) is 19.4 Å². The van der Waals surface area contributed by atoms with Crippen LogP contribution in [0.15, 0.2) is 24.3 Å². The molecular formula is C12H15ClO3S. The van der Waals surface area contributed by atoms with Crippen LogP contribution in [0.2, 0.25) is 0 Å². The number of carbonyl (C=O) groups excluding carboxylic acids is 1. The molecule has 0 aliphatic rings. The normalized spacial score (nSPS) is 15.3. The molecule has 1 atom stereocenters. The molecule has 0 aromatic heterocycles. The Labute approximate surface area is 107 Å². The van der Waals surface area contributed by atoms with E-state index in [1.807, 2.05) is 13.0 Å². The molecule has 0 amide bonds. The Bertz CT molecular complexity index is 536. The molecule has 0 aliphatic carbocycles. The van der Waals surface area contributed by atoms with Crippen LogP contribution < -0.4 is 0 Å². The summed E-state index contributed by atoms with van der Waals surface area (Å²) in [6, 6.07) is 6.75. The second-order valence-corrected chi connectivity index (χ2v) is 7.16. The summed E-state index contributed by atoms with van der Waals surface area (Å²) in [6.07, 6.45) is 1.03. The van der Waals surface area contributed by atoms with Crippen molar-refractivity contribution in [3.05, 3.63) is 35.4 Å². The second-order valence-electron chi connectivity index (χ2n) is 4.05. The number of Topliss-reactive ketones (excluding diaryl/α,β-unsaturated/α-hetero) is 1. The summed E-state index contributed by atoms with van der Waals surface area (Å²) in [5.74, 6) is -0.562. The van der Waals surface area contributed by atoms with Gasteiger partial charge in [-0.25, -0.2) is 8.42 Å². The number of rotatable bonds is 4. The van der Waals surface area contributed by atoms with Crippen LogP contribution in [0.25, 0.3) is 0 Å². The van der Waals surface area contributed by atoms with E-state index < -0.39 is 19.8 Å². The van der Waals surface area contributed by atoms with Crippen molar-refractivity contribution in [1.82, 2.24) is 0 Å². The lowest BCUT2D eigenvalue weighted by Crippen LogP contribution is -2.40. The minimum absolute atomic E-state index is 0.0418. The van der Waals surface area contributed by atoms with Gasteiger partial charge in [-0.3, -0.25) is 4.79 Å². The van der Waals surface area contributed by atoms with Crippen molar-refractivity contribution in [3.63, 3.8) is 0 Å². The molecule has 17 heavy (non-hydrogen) atoms. The van der Waals surface area contributed by atoms with E-state index in [1.165, 1.54) is 0 Å². The first-order valence-electron chi connectivity index (χ1n) is 5.22. The fraction of sp³-hybridized carbons (Fsp3) is 0.417. The van der Waals surface area contributed by atoms with Gasteiger partial charge in [-0.15, -0.1) is 0 Å². The molecular weight excluding hydrogens is 260 g/mol. The predicted octanol–water partition coefficient (Wildman–Crippen LogP) is 2.57. The van der Waals surface area contributed by atoms with Gasteiger partial charge >= 0.3 is 0 Å². The summed E-state index contributed by atoms with van der Waals surface area (Å²) in [4.78, 5) is 12.2. The number of carbonyl (C=O) groups is 1. The highest BCUT2D eigenvalue weighted by Gasteiger charge is 2.44. The lowest BCUT2D eigenvalue weighted by molar-refractivity contribution is 0.0970. The average Bonchev–Trinajstić information content (AvgIpc) is 2.25. The van der Waals surface area contributed by atoms with Gasteiger partial charge in [-0.2, -0.15) is 0 Å². The predicted molar refractivity (Wildman–Crippen MR) is 69.2 cm³/mol. The zero-order valence-corrected chi connectivity index (χ0v) is 11.6. The molecule has 1 rings (SSSR count). The van der Waals surface area contributed by atoms with E-state index in [-0.39, 0.29) is 6.42 Å². The van der Waals surface area contributed by atoms with Gasteiger partial charge in [0.2, 0.25) is 4.21 Å². The average molecular weight is 275 g/mol. The number of aryl methyl sites for hydroxylation is 1. The largest absolute Gasteiger partial charge is 0.291 e. The highest BCUT2D eigenvalue weighted by atomic mass is 35.5. The molecule has 0 fully saturated rings. The molecule has 0 bridgehead atoms. The van der Waals surface area contributed by atoms with Gasteiger partial charge in [0, 0.05) is 11.8 Å². The van der Waals surface area contributed by atoms with E-state index in [4.69, 9.17) is 11.6 Å². The summed E-state index contributed by atoms with van der Waals surface area (Å²) in [5, 5.41) is 0. The van der Waals surface area contributed by atoms with E-state index in [9.17, 15) is 13.2 Å². The number of hydrogen-bond acceptors (Lipinski definition) is 3. The molecule has 0 saturated heterocycles. The van der Waals surface area contributed by atoms with Gasteiger partial charge in [0.15, 0.2) is 15.6 Å². The van der Waals surface area contributed by atoms with Crippen molar-refractivity contribution >= 4 is 27.2 Å². The van der Waals surface area contributed by atoms with E-state index >= 15 is 0 Å². The molecule has 0 saturated carbocycles. The minimum Gasteiger partial charge on any atom is -0.291 e. The molecule has 0 aliphatic heterocycles. The molecule has 3 nitrogen and oxygen atoms in total. The molecule has 1 aromatic carbocycles. The van der Waals surface area contributed by atoms with Crippen molar-refractivity contribution in [2.75, 3.05) is 6.26 Å². The lowest BCUT2D eigenvalue weighted by Gasteiger charge is -2.22. The SMILES string of the molecule is CCC(Cl)(C(=O)c1cccc(C)c1)S(C)(=O)=O. The molecule has 0 spiro atoms. The van der Waals surface area contributed by atoms with Crippen LogP contribution in [0.3, 0.4) is 0 Å². The maximum Gasteiger partial charge on any atom is 0.207 e. The molecule has 0 heterocycles. The van der Waals surface area contributed by atoms with Gasteiger partial charge in [-0.1, -0.05) is 42.3 Å². The Morgan fingerprint density at radius 2 is 2.00 bits per heavy atom. The van der Waals surface area contributed by atoms with Crippen molar-refractivity contribution in [1.29, 1.82) is 0 Å². The second kappa shape index (κ2) is 4.78. The van der Waals surface area contributed by atoms with Crippen LogP contribution in [0, 0.1) is 6.92 Å². The minimum atomic E-state index is -3.66. The van der Waals surface area contributed by atoms with Crippen LogP contribution >= 0.6 is 11.6 Å². The van der Waals surface area contributed by atoms with Crippen molar-refractivity contribution in [3.8, 4) is 0 Å². The van der Waals surface area contributed by atoms with Crippen LogP contribution in [-0.4, -0.2) is 24.7 Å². The smallest absolute Gasteiger partial charge is 0.207 e. The number of halogens is 1. The Kier molecular flexibility index (Phi) is 3.99. The molecule has 0 N–H and O–H groups in total. The summed E-state index contributed by atoms with van der Waals surface area (Å²) in [5.41, 5.74) is 1.21. The lowest BCUT2D eigenvalue weighted by atomic mass is 10.0. The number of alkyl halides is 1. The summed E-state index contributed by atoms with van der Waals surface area (Å²) in [6.45, 7) is 3.42. The Balaban J connectivity index is 3.29. The first-order chi connectivity index (χ1) is 7.72. The highest BCUT2D eigenvalue weighted by molar-refractivity contribution is 7.94. The molecule has 1 unspecified atom stereocenters. The van der Waals surface area contributed by atoms with E-state index in [1.54, 1.807) is 25.1 Å². The third kappa shape index (κ3) is 2.69. The van der Waals surface area contributed by atoms with Crippen molar-refractivity contribution in [2.45, 2.75) is 24.5 Å². The van der Waals surface area contributed by atoms with E-state index in [0.717, 1.165) is 11.8 Å². The van der Waals surface area contributed by atoms with Crippen molar-refractivity contribution in [2.24, 2.45) is 0 Å². The summed E-state index contributed by atoms with van der Waals surface area (Å²) >= 11 is 6.00. The third-order valence-corrected chi connectivity index (χ3v) is 5.59. The molecule has 5 heteroatoms. The fourth-order valence-electron chi connectivity index (χ4n) is 1.59. The zero-order valence-electron chi connectivity index (χ0n) is 10.0. The summed E-state index contributed by atoms with van der Waals surface area (Å²) in [7, 11) is -3.66. The maximum absolute atomic E-state index is 12.2. The number of sulfone groups is 1. The third-order valence-electron chi connectivity index (χ3n) is 2.66. The van der Waals surface area contributed by atoms with Gasteiger partial charge < -0.3 is 0 Å². The van der Waals surface area contributed by atoms with Crippen LogP contribution in [-0.2, 0) is 9.84 Å². The first kappa shape index (κ1) is 14.2.